The van der Waals surface area contributed by atoms with Gasteiger partial charge in [0.05, 0.1) is 22.9 Å². The number of nitrogens with zero attached hydrogens (tertiary/aromatic N) is 3. The van der Waals surface area contributed by atoms with E-state index in [1.807, 2.05) is 57.2 Å². The van der Waals surface area contributed by atoms with Crippen molar-refractivity contribution in [2.75, 3.05) is 20.2 Å². The number of ether oxygens (including phenoxy) is 2. The molecule has 0 spiro atoms. The molecule has 1 aliphatic heterocycles. The number of para-hydroxylation sites is 1. The Morgan fingerprint density at radius 2 is 1.74 bits per heavy atom. The number of allylic oxidation sites excluding steroid dienone is 1. The van der Waals surface area contributed by atoms with Gasteiger partial charge in [-0.2, -0.15) is 0 Å². The summed E-state index contributed by atoms with van der Waals surface area (Å²) in [6, 6.07) is 20.5. The monoisotopic (exact) mass is 585 g/mol. The lowest BCUT2D eigenvalue weighted by Gasteiger charge is -2.29. The van der Waals surface area contributed by atoms with E-state index < -0.39 is 6.04 Å². The fraction of sp³-hybridized carbons (Fsp3) is 0.242. The minimum Gasteiger partial charge on any atom is -0.496 e. The number of thiazole rings is 1. The second-order valence-corrected chi connectivity index (χ2v) is 10.8. The second kappa shape index (κ2) is 12.6. The first-order valence-electron chi connectivity index (χ1n) is 13.8. The Labute approximate surface area is 247 Å². The van der Waals surface area contributed by atoms with Gasteiger partial charge in [0, 0.05) is 24.2 Å². The average molecular weight is 586 g/mol. The number of benzene rings is 3. The van der Waals surface area contributed by atoms with E-state index in [-0.39, 0.29) is 23.9 Å². The first-order valence-corrected chi connectivity index (χ1v) is 14.6. The van der Waals surface area contributed by atoms with Crippen LogP contribution in [0.25, 0.3) is 6.08 Å². The number of aromatic nitrogens is 1. The highest BCUT2D eigenvalue weighted by atomic mass is 32.1. The van der Waals surface area contributed by atoms with Gasteiger partial charge in [0.15, 0.2) is 4.80 Å². The SMILES string of the molecule is CCN(CC)C(=O)C1=C(C)N=c2s/c(=C/c3ccc(OCc4ccccc4F)cc3)c(=O)n2[C@H]1c1ccccc1OC. The van der Waals surface area contributed by atoms with Gasteiger partial charge in [0.2, 0.25) is 0 Å². The Morgan fingerprint density at radius 1 is 1.05 bits per heavy atom. The average Bonchev–Trinajstić information content (AvgIpc) is 3.31. The summed E-state index contributed by atoms with van der Waals surface area (Å²) in [4.78, 5) is 34.7. The third kappa shape index (κ3) is 5.65. The number of halogens is 1. The summed E-state index contributed by atoms with van der Waals surface area (Å²) in [5, 5.41) is 0. The summed E-state index contributed by atoms with van der Waals surface area (Å²) in [5.74, 6) is 0.705. The van der Waals surface area contributed by atoms with Gasteiger partial charge in [0.25, 0.3) is 11.5 Å². The number of fused-ring (bicyclic) bond motifs is 1. The van der Waals surface area contributed by atoms with Crippen molar-refractivity contribution in [3.8, 4) is 11.5 Å². The molecule has 2 heterocycles. The first kappa shape index (κ1) is 29.0. The van der Waals surface area contributed by atoms with E-state index in [0.717, 1.165) is 5.56 Å². The van der Waals surface area contributed by atoms with Gasteiger partial charge in [-0.1, -0.05) is 59.9 Å². The largest absolute Gasteiger partial charge is 0.496 e. The molecule has 7 nitrogen and oxygen atoms in total. The van der Waals surface area contributed by atoms with Crippen LogP contribution in [0.5, 0.6) is 11.5 Å². The molecule has 42 heavy (non-hydrogen) atoms. The number of carbonyl (C=O) groups is 1. The van der Waals surface area contributed by atoms with E-state index in [0.29, 0.717) is 56.3 Å². The number of likely N-dealkylation sites (N-methyl/N-ethyl adjacent to an activating group) is 1. The Bertz CT molecular complexity index is 1820. The number of hydrogen-bond acceptors (Lipinski definition) is 6. The quantitative estimate of drug-likeness (QED) is 0.282. The maximum Gasteiger partial charge on any atom is 0.271 e. The van der Waals surface area contributed by atoms with Gasteiger partial charge in [0.1, 0.15) is 30.0 Å². The van der Waals surface area contributed by atoms with Gasteiger partial charge in [-0.25, -0.2) is 9.38 Å². The summed E-state index contributed by atoms with van der Waals surface area (Å²) in [6.45, 7) is 6.86. The van der Waals surface area contributed by atoms with Gasteiger partial charge < -0.3 is 14.4 Å². The molecule has 0 bridgehead atoms. The summed E-state index contributed by atoms with van der Waals surface area (Å²) >= 11 is 1.27. The maximum absolute atomic E-state index is 14.0. The molecule has 216 valence electrons. The van der Waals surface area contributed by atoms with Crippen LogP contribution in [0.2, 0.25) is 0 Å². The van der Waals surface area contributed by atoms with Gasteiger partial charge in [-0.15, -0.1) is 0 Å². The van der Waals surface area contributed by atoms with E-state index in [4.69, 9.17) is 14.5 Å². The molecule has 1 amide bonds. The minimum absolute atomic E-state index is 0.113. The highest BCUT2D eigenvalue weighted by Gasteiger charge is 2.35. The van der Waals surface area contributed by atoms with Crippen molar-refractivity contribution in [3.05, 3.63) is 126 Å². The highest BCUT2D eigenvalue weighted by Crippen LogP contribution is 2.36. The summed E-state index contributed by atoms with van der Waals surface area (Å²) in [7, 11) is 1.58. The third-order valence-corrected chi connectivity index (χ3v) is 8.25. The molecule has 0 saturated heterocycles. The van der Waals surface area contributed by atoms with Gasteiger partial charge in [-0.05, 0) is 56.7 Å². The Kier molecular flexibility index (Phi) is 8.68. The fourth-order valence-corrected chi connectivity index (χ4v) is 6.10. The van der Waals surface area contributed by atoms with Crippen molar-refractivity contribution >= 4 is 23.3 Å². The van der Waals surface area contributed by atoms with Crippen LogP contribution in [-0.4, -0.2) is 35.6 Å². The summed E-state index contributed by atoms with van der Waals surface area (Å²) in [6.07, 6.45) is 1.80. The van der Waals surface area contributed by atoms with E-state index in [1.165, 1.54) is 17.4 Å². The first-order chi connectivity index (χ1) is 20.4. The van der Waals surface area contributed by atoms with Crippen LogP contribution in [0, 0.1) is 5.82 Å². The Hall–Kier alpha value is -4.50. The fourth-order valence-electron chi connectivity index (χ4n) is 5.05. The lowest BCUT2D eigenvalue weighted by molar-refractivity contribution is -0.127. The zero-order valence-electron chi connectivity index (χ0n) is 24.0. The van der Waals surface area contributed by atoms with E-state index in [1.54, 1.807) is 53.0 Å². The van der Waals surface area contributed by atoms with Crippen molar-refractivity contribution in [2.24, 2.45) is 4.99 Å². The Morgan fingerprint density at radius 3 is 2.43 bits per heavy atom. The molecule has 3 aromatic carbocycles. The summed E-state index contributed by atoms with van der Waals surface area (Å²) in [5.41, 5.74) is 2.77. The number of carbonyl (C=O) groups excluding carboxylic acids is 1. The Balaban J connectivity index is 1.54. The zero-order chi connectivity index (χ0) is 29.8. The standard InChI is InChI=1S/C33H32FN3O4S/c1-5-36(6-2)32(39)29-21(3)35-33-37(30(29)25-12-8-10-14-27(25)40-4)31(38)28(42-33)19-22-15-17-24(18-16-22)41-20-23-11-7-9-13-26(23)34/h7-19,30H,5-6,20H2,1-4H3/b28-19+/t30-/m0/s1. The van der Waals surface area contributed by atoms with Crippen molar-refractivity contribution in [1.29, 1.82) is 0 Å². The predicted octanol–water partition coefficient (Wildman–Crippen LogP) is 4.83. The normalized spacial score (nSPS) is 14.8. The topological polar surface area (TPSA) is 73.1 Å². The molecule has 0 saturated carbocycles. The van der Waals surface area contributed by atoms with Crippen LogP contribution in [0.4, 0.5) is 4.39 Å². The van der Waals surface area contributed by atoms with Crippen LogP contribution in [0.15, 0.2) is 93.9 Å². The lowest BCUT2D eigenvalue weighted by atomic mass is 9.94. The number of amides is 1. The van der Waals surface area contributed by atoms with Crippen molar-refractivity contribution in [3.63, 3.8) is 0 Å². The molecule has 1 aromatic heterocycles. The van der Waals surface area contributed by atoms with Crippen molar-refractivity contribution in [2.45, 2.75) is 33.4 Å². The molecule has 5 rings (SSSR count). The van der Waals surface area contributed by atoms with E-state index in [9.17, 15) is 14.0 Å². The second-order valence-electron chi connectivity index (χ2n) is 9.75. The van der Waals surface area contributed by atoms with Crippen LogP contribution in [0.1, 0.15) is 43.5 Å². The number of hydrogen-bond donors (Lipinski definition) is 0. The molecular weight excluding hydrogens is 553 g/mol. The predicted molar refractivity (Wildman–Crippen MR) is 162 cm³/mol. The van der Waals surface area contributed by atoms with Crippen LogP contribution < -0.4 is 24.4 Å². The molecule has 1 atom stereocenters. The van der Waals surface area contributed by atoms with Crippen LogP contribution >= 0.6 is 11.3 Å². The van der Waals surface area contributed by atoms with Gasteiger partial charge >= 0.3 is 0 Å². The van der Waals surface area contributed by atoms with E-state index >= 15 is 0 Å². The smallest absolute Gasteiger partial charge is 0.271 e. The minimum atomic E-state index is -0.693. The number of rotatable bonds is 9. The lowest BCUT2D eigenvalue weighted by Crippen LogP contribution is -2.43. The van der Waals surface area contributed by atoms with E-state index in [2.05, 4.69) is 0 Å². The third-order valence-electron chi connectivity index (χ3n) is 7.27. The molecule has 0 aliphatic carbocycles. The molecule has 0 fully saturated rings. The van der Waals surface area contributed by atoms with Gasteiger partial charge in [-0.3, -0.25) is 14.2 Å². The van der Waals surface area contributed by atoms with Crippen LogP contribution in [-0.2, 0) is 11.4 Å². The van der Waals surface area contributed by atoms with Crippen molar-refractivity contribution < 1.29 is 18.7 Å². The molecule has 0 N–H and O–H groups in total. The maximum atomic E-state index is 14.0. The highest BCUT2D eigenvalue weighted by molar-refractivity contribution is 7.07. The molecular formula is C33H32FN3O4S. The molecule has 0 unspecified atom stereocenters. The summed E-state index contributed by atoms with van der Waals surface area (Å²) < 4.78 is 27.4. The van der Waals surface area contributed by atoms with Crippen LogP contribution in [0.3, 0.4) is 0 Å². The molecule has 0 radical (unpaired) electrons. The molecule has 1 aliphatic rings. The number of methoxy groups -OCH3 is 1. The van der Waals surface area contributed by atoms with Crippen molar-refractivity contribution in [1.82, 2.24) is 9.47 Å². The zero-order valence-corrected chi connectivity index (χ0v) is 24.8. The molecule has 4 aromatic rings. The molecule has 9 heteroatoms.